The molecule has 1 heterocycles. The summed E-state index contributed by atoms with van der Waals surface area (Å²) in [4.78, 5) is 26.6. The van der Waals surface area contributed by atoms with Crippen molar-refractivity contribution in [2.75, 3.05) is 6.54 Å². The number of nitrogens with zero attached hydrogens (tertiary/aromatic N) is 1. The second kappa shape index (κ2) is 8.17. The molecule has 1 aliphatic heterocycles. The molecule has 1 atom stereocenters. The number of benzene rings is 2. The third kappa shape index (κ3) is 4.31. The van der Waals surface area contributed by atoms with E-state index >= 15 is 0 Å². The number of Topliss-reactive ketones (excluding diaryl/α,β-unsaturated/α-hetero) is 1. The standard InChI is InChI=1S/C22H25NO3/c1-16(24)18-5-4-6-19(15-18)22(26)23-14-3-2-7-20(23)11-8-17-9-12-21(25)13-10-17/h4-6,9-10,12-13,15,20,25H,2-3,7-8,11,14H2,1H3/t20-/m0/s1. The van der Waals surface area contributed by atoms with Gasteiger partial charge in [-0.25, -0.2) is 0 Å². The van der Waals surface area contributed by atoms with Gasteiger partial charge in [-0.3, -0.25) is 9.59 Å². The van der Waals surface area contributed by atoms with Crippen molar-refractivity contribution in [1.29, 1.82) is 0 Å². The van der Waals surface area contributed by atoms with E-state index < -0.39 is 0 Å². The maximum atomic E-state index is 13.0. The van der Waals surface area contributed by atoms with Crippen molar-refractivity contribution in [1.82, 2.24) is 4.90 Å². The van der Waals surface area contributed by atoms with Gasteiger partial charge in [0.05, 0.1) is 0 Å². The molecular weight excluding hydrogens is 326 g/mol. The molecule has 0 unspecified atom stereocenters. The van der Waals surface area contributed by atoms with Crippen LogP contribution in [0.3, 0.4) is 0 Å². The largest absolute Gasteiger partial charge is 0.508 e. The van der Waals surface area contributed by atoms with Crippen LogP contribution in [0.2, 0.25) is 0 Å². The molecule has 4 heteroatoms. The summed E-state index contributed by atoms with van der Waals surface area (Å²) in [6, 6.07) is 14.5. The molecule has 0 spiro atoms. The Kier molecular flexibility index (Phi) is 5.71. The molecular formula is C22H25NO3. The Labute approximate surface area is 154 Å². The minimum atomic E-state index is -0.0258. The number of phenols is 1. The van der Waals surface area contributed by atoms with Gasteiger partial charge in [0, 0.05) is 23.7 Å². The van der Waals surface area contributed by atoms with E-state index in [-0.39, 0.29) is 23.5 Å². The molecule has 1 saturated heterocycles. The lowest BCUT2D eigenvalue weighted by molar-refractivity contribution is 0.0602. The molecule has 0 radical (unpaired) electrons. The Hall–Kier alpha value is -2.62. The first kappa shape index (κ1) is 18.2. The average Bonchev–Trinajstić information content (AvgIpc) is 2.67. The van der Waals surface area contributed by atoms with E-state index in [9.17, 15) is 14.7 Å². The van der Waals surface area contributed by atoms with Crippen LogP contribution in [0.4, 0.5) is 0 Å². The number of likely N-dealkylation sites (tertiary alicyclic amines) is 1. The Morgan fingerprint density at radius 3 is 2.54 bits per heavy atom. The van der Waals surface area contributed by atoms with Crippen LogP contribution in [-0.4, -0.2) is 34.3 Å². The Bertz CT molecular complexity index is 782. The molecule has 0 aliphatic carbocycles. The fraction of sp³-hybridized carbons (Fsp3) is 0.364. The zero-order valence-electron chi connectivity index (χ0n) is 15.1. The number of hydrogen-bond donors (Lipinski definition) is 1. The first-order valence-corrected chi connectivity index (χ1v) is 9.24. The lowest BCUT2D eigenvalue weighted by Gasteiger charge is -2.36. The number of rotatable bonds is 5. The Balaban J connectivity index is 1.71. The molecule has 1 amide bonds. The predicted octanol–water partition coefficient (Wildman–Crippen LogP) is 4.22. The van der Waals surface area contributed by atoms with Gasteiger partial charge >= 0.3 is 0 Å². The molecule has 0 saturated carbocycles. The number of piperidine rings is 1. The maximum Gasteiger partial charge on any atom is 0.254 e. The summed E-state index contributed by atoms with van der Waals surface area (Å²) in [5, 5.41) is 9.40. The normalized spacial score (nSPS) is 17.1. The lowest BCUT2D eigenvalue weighted by Crippen LogP contribution is -2.44. The number of aromatic hydroxyl groups is 1. The molecule has 26 heavy (non-hydrogen) atoms. The van der Waals surface area contributed by atoms with Gasteiger partial charge in [-0.1, -0.05) is 24.3 Å². The second-order valence-corrected chi connectivity index (χ2v) is 6.99. The van der Waals surface area contributed by atoms with Gasteiger partial charge in [-0.15, -0.1) is 0 Å². The SMILES string of the molecule is CC(=O)c1cccc(C(=O)N2CCCC[C@H]2CCc2ccc(O)cc2)c1. The highest BCUT2D eigenvalue weighted by Crippen LogP contribution is 2.24. The number of aryl methyl sites for hydroxylation is 1. The molecule has 136 valence electrons. The second-order valence-electron chi connectivity index (χ2n) is 6.99. The van der Waals surface area contributed by atoms with Crippen LogP contribution >= 0.6 is 0 Å². The number of amides is 1. The zero-order valence-corrected chi connectivity index (χ0v) is 15.1. The summed E-state index contributed by atoms with van der Waals surface area (Å²) in [7, 11) is 0. The first-order valence-electron chi connectivity index (χ1n) is 9.24. The summed E-state index contributed by atoms with van der Waals surface area (Å²) in [6.45, 7) is 2.29. The van der Waals surface area contributed by atoms with E-state index in [1.54, 1.807) is 36.4 Å². The van der Waals surface area contributed by atoms with Crippen LogP contribution in [0.1, 0.15) is 58.9 Å². The molecule has 3 rings (SSSR count). The molecule has 0 aromatic heterocycles. The van der Waals surface area contributed by atoms with Crippen LogP contribution in [0.25, 0.3) is 0 Å². The smallest absolute Gasteiger partial charge is 0.254 e. The van der Waals surface area contributed by atoms with Crippen LogP contribution < -0.4 is 0 Å². The number of ketones is 1. The Morgan fingerprint density at radius 1 is 1.08 bits per heavy atom. The van der Waals surface area contributed by atoms with Crippen LogP contribution in [-0.2, 0) is 6.42 Å². The maximum absolute atomic E-state index is 13.0. The van der Waals surface area contributed by atoms with Crippen molar-refractivity contribution in [2.45, 2.75) is 45.1 Å². The van der Waals surface area contributed by atoms with Crippen molar-refractivity contribution in [2.24, 2.45) is 0 Å². The highest BCUT2D eigenvalue weighted by atomic mass is 16.3. The summed E-state index contributed by atoms with van der Waals surface area (Å²) < 4.78 is 0. The van der Waals surface area contributed by atoms with Gasteiger partial charge in [0.25, 0.3) is 5.91 Å². The zero-order chi connectivity index (χ0) is 18.5. The van der Waals surface area contributed by atoms with Gasteiger partial charge in [0.2, 0.25) is 0 Å². The van der Waals surface area contributed by atoms with Gasteiger partial charge in [-0.2, -0.15) is 0 Å². The quantitative estimate of drug-likeness (QED) is 0.821. The summed E-state index contributed by atoms with van der Waals surface area (Å²) >= 11 is 0. The number of carbonyl (C=O) groups is 2. The van der Waals surface area contributed by atoms with Crippen molar-refractivity contribution >= 4 is 11.7 Å². The van der Waals surface area contributed by atoms with Crippen LogP contribution in [0.5, 0.6) is 5.75 Å². The summed E-state index contributed by atoms with van der Waals surface area (Å²) in [5.74, 6) is 0.263. The third-order valence-corrected chi connectivity index (χ3v) is 5.11. The lowest BCUT2D eigenvalue weighted by atomic mass is 9.94. The topological polar surface area (TPSA) is 57.6 Å². The molecule has 2 aromatic rings. The van der Waals surface area contributed by atoms with Gasteiger partial charge in [-0.05, 0) is 68.9 Å². The fourth-order valence-electron chi connectivity index (χ4n) is 3.60. The third-order valence-electron chi connectivity index (χ3n) is 5.11. The number of hydrogen-bond acceptors (Lipinski definition) is 3. The number of phenolic OH excluding ortho intramolecular Hbond substituents is 1. The van der Waals surface area contributed by atoms with Crippen molar-refractivity contribution in [3.63, 3.8) is 0 Å². The summed E-state index contributed by atoms with van der Waals surface area (Å²) in [5.41, 5.74) is 2.34. The molecule has 1 N–H and O–H groups in total. The Morgan fingerprint density at radius 2 is 1.81 bits per heavy atom. The molecule has 4 nitrogen and oxygen atoms in total. The molecule has 0 bridgehead atoms. The van der Waals surface area contributed by atoms with E-state index in [1.807, 2.05) is 17.0 Å². The van der Waals surface area contributed by atoms with Gasteiger partial charge in [0.15, 0.2) is 5.78 Å². The van der Waals surface area contributed by atoms with Gasteiger partial charge in [0.1, 0.15) is 5.75 Å². The van der Waals surface area contributed by atoms with Crippen molar-refractivity contribution in [3.05, 3.63) is 65.2 Å². The molecule has 1 aliphatic rings. The molecule has 1 fully saturated rings. The van der Waals surface area contributed by atoms with E-state index in [0.29, 0.717) is 11.1 Å². The fourth-order valence-corrected chi connectivity index (χ4v) is 3.60. The molecule has 2 aromatic carbocycles. The van der Waals surface area contributed by atoms with E-state index in [0.717, 1.165) is 38.6 Å². The van der Waals surface area contributed by atoms with Crippen LogP contribution in [0, 0.1) is 0 Å². The van der Waals surface area contributed by atoms with Gasteiger partial charge < -0.3 is 10.0 Å². The summed E-state index contributed by atoms with van der Waals surface area (Å²) in [6.07, 6.45) is 4.95. The highest BCUT2D eigenvalue weighted by Gasteiger charge is 2.27. The number of carbonyl (C=O) groups excluding carboxylic acids is 2. The first-order chi connectivity index (χ1) is 12.5. The minimum absolute atomic E-state index is 0.0171. The monoisotopic (exact) mass is 351 g/mol. The predicted molar refractivity (Wildman–Crippen MR) is 102 cm³/mol. The van der Waals surface area contributed by atoms with E-state index in [2.05, 4.69) is 0 Å². The van der Waals surface area contributed by atoms with Crippen molar-refractivity contribution < 1.29 is 14.7 Å². The minimum Gasteiger partial charge on any atom is -0.508 e. The average molecular weight is 351 g/mol. The van der Waals surface area contributed by atoms with Crippen molar-refractivity contribution in [3.8, 4) is 5.75 Å². The van der Waals surface area contributed by atoms with E-state index in [1.165, 1.54) is 12.5 Å². The van der Waals surface area contributed by atoms with E-state index in [4.69, 9.17) is 0 Å². The van der Waals surface area contributed by atoms with Crippen LogP contribution in [0.15, 0.2) is 48.5 Å². The highest BCUT2D eigenvalue weighted by molar-refractivity contribution is 5.99.